The van der Waals surface area contributed by atoms with Crippen LogP contribution in [0, 0.1) is 0 Å². The SMILES string of the molecule is Nc1cc(Sc2ccc3c(c2)OCCCO3)ccn1. The number of hydrogen-bond donors (Lipinski definition) is 1. The molecule has 1 aliphatic rings. The van der Waals surface area contributed by atoms with Crippen LogP contribution in [0.1, 0.15) is 6.42 Å². The third-order valence-corrected chi connectivity index (χ3v) is 3.69. The standard InChI is InChI=1S/C14H14N2O2S/c15-14-9-11(4-5-16-14)19-10-2-3-12-13(8-10)18-7-1-6-17-12/h2-5,8-9H,1,6-7H2,(H2,15,16). The topological polar surface area (TPSA) is 57.4 Å². The minimum atomic E-state index is 0.527. The van der Waals surface area contributed by atoms with Crippen LogP contribution in [0.25, 0.3) is 0 Å². The fraction of sp³-hybridized carbons (Fsp3) is 0.214. The van der Waals surface area contributed by atoms with Crippen molar-refractivity contribution in [3.8, 4) is 11.5 Å². The van der Waals surface area contributed by atoms with Crippen molar-refractivity contribution in [3.05, 3.63) is 36.5 Å². The lowest BCUT2D eigenvalue weighted by Crippen LogP contribution is -1.97. The van der Waals surface area contributed by atoms with Crippen molar-refractivity contribution < 1.29 is 9.47 Å². The molecular formula is C14H14N2O2S. The summed E-state index contributed by atoms with van der Waals surface area (Å²) < 4.78 is 11.3. The van der Waals surface area contributed by atoms with Gasteiger partial charge in [0, 0.05) is 22.4 Å². The number of pyridine rings is 1. The van der Waals surface area contributed by atoms with Crippen molar-refractivity contribution in [2.45, 2.75) is 16.2 Å². The van der Waals surface area contributed by atoms with Gasteiger partial charge in [-0.2, -0.15) is 0 Å². The second kappa shape index (κ2) is 5.40. The van der Waals surface area contributed by atoms with Crippen LogP contribution in [-0.2, 0) is 0 Å². The summed E-state index contributed by atoms with van der Waals surface area (Å²) >= 11 is 1.63. The number of fused-ring (bicyclic) bond motifs is 1. The first kappa shape index (κ1) is 12.2. The normalized spacial score (nSPS) is 13.9. The molecule has 5 heteroatoms. The summed E-state index contributed by atoms with van der Waals surface area (Å²) in [7, 11) is 0. The van der Waals surface area contributed by atoms with Gasteiger partial charge < -0.3 is 15.2 Å². The molecule has 0 saturated carbocycles. The van der Waals surface area contributed by atoms with Crippen LogP contribution in [0.4, 0.5) is 5.82 Å². The number of nitrogens with two attached hydrogens (primary N) is 1. The van der Waals surface area contributed by atoms with Crippen molar-refractivity contribution in [1.82, 2.24) is 4.98 Å². The molecule has 4 nitrogen and oxygen atoms in total. The fourth-order valence-electron chi connectivity index (χ4n) is 1.83. The van der Waals surface area contributed by atoms with Gasteiger partial charge in [-0.15, -0.1) is 0 Å². The monoisotopic (exact) mass is 274 g/mol. The Bertz CT molecular complexity index is 589. The predicted octanol–water partition coefficient (Wildman–Crippen LogP) is 2.98. The van der Waals surface area contributed by atoms with Crippen LogP contribution in [0.3, 0.4) is 0 Å². The van der Waals surface area contributed by atoms with Gasteiger partial charge in [0.15, 0.2) is 11.5 Å². The van der Waals surface area contributed by atoms with Gasteiger partial charge in [0.2, 0.25) is 0 Å². The van der Waals surface area contributed by atoms with Gasteiger partial charge in [0.1, 0.15) is 5.82 Å². The lowest BCUT2D eigenvalue weighted by atomic mass is 10.3. The molecule has 0 spiro atoms. The van der Waals surface area contributed by atoms with Crippen LogP contribution in [0.15, 0.2) is 46.3 Å². The number of nitrogens with zero attached hydrogens (tertiary/aromatic N) is 1. The molecule has 0 atom stereocenters. The van der Waals surface area contributed by atoms with Crippen LogP contribution < -0.4 is 15.2 Å². The molecule has 0 fully saturated rings. The number of hydrogen-bond acceptors (Lipinski definition) is 5. The highest BCUT2D eigenvalue weighted by Gasteiger charge is 2.11. The lowest BCUT2D eigenvalue weighted by molar-refractivity contribution is 0.297. The molecule has 1 aromatic carbocycles. The highest BCUT2D eigenvalue weighted by Crippen LogP contribution is 2.36. The highest BCUT2D eigenvalue weighted by molar-refractivity contribution is 7.99. The van der Waals surface area contributed by atoms with E-state index in [1.807, 2.05) is 30.3 Å². The van der Waals surface area contributed by atoms with E-state index < -0.39 is 0 Å². The molecule has 2 aromatic rings. The Morgan fingerprint density at radius 2 is 1.79 bits per heavy atom. The van der Waals surface area contributed by atoms with E-state index in [4.69, 9.17) is 15.2 Å². The Morgan fingerprint density at radius 1 is 1.00 bits per heavy atom. The molecule has 0 saturated heterocycles. The average molecular weight is 274 g/mol. The van der Waals surface area contributed by atoms with Crippen molar-refractivity contribution >= 4 is 17.6 Å². The molecule has 0 radical (unpaired) electrons. The Hall–Kier alpha value is -1.88. The number of anilines is 1. The lowest BCUT2D eigenvalue weighted by Gasteiger charge is -2.09. The quantitative estimate of drug-likeness (QED) is 0.912. The number of aromatic nitrogens is 1. The van der Waals surface area contributed by atoms with Crippen molar-refractivity contribution in [3.63, 3.8) is 0 Å². The van der Waals surface area contributed by atoms with Crippen molar-refractivity contribution in [2.75, 3.05) is 18.9 Å². The summed E-state index contributed by atoms with van der Waals surface area (Å²) in [5.74, 6) is 2.15. The second-order valence-corrected chi connectivity index (χ2v) is 5.32. The number of benzene rings is 1. The van der Waals surface area contributed by atoms with E-state index >= 15 is 0 Å². The maximum Gasteiger partial charge on any atom is 0.162 e. The summed E-state index contributed by atoms with van der Waals surface area (Å²) in [5.41, 5.74) is 5.67. The minimum Gasteiger partial charge on any atom is -0.490 e. The molecule has 1 aromatic heterocycles. The average Bonchev–Trinajstić information content (AvgIpc) is 2.63. The van der Waals surface area contributed by atoms with E-state index in [2.05, 4.69) is 4.98 Å². The van der Waals surface area contributed by atoms with Crippen molar-refractivity contribution in [1.29, 1.82) is 0 Å². The van der Waals surface area contributed by atoms with E-state index in [0.29, 0.717) is 19.0 Å². The van der Waals surface area contributed by atoms with Crippen LogP contribution in [-0.4, -0.2) is 18.2 Å². The second-order valence-electron chi connectivity index (χ2n) is 4.18. The Balaban J connectivity index is 1.84. The number of nitrogen functional groups attached to an aromatic ring is 1. The van der Waals surface area contributed by atoms with E-state index in [1.165, 1.54) is 0 Å². The Morgan fingerprint density at radius 3 is 2.63 bits per heavy atom. The summed E-state index contributed by atoms with van der Waals surface area (Å²) in [5, 5.41) is 0. The molecule has 2 N–H and O–H groups in total. The molecule has 19 heavy (non-hydrogen) atoms. The van der Waals surface area contributed by atoms with Crippen molar-refractivity contribution in [2.24, 2.45) is 0 Å². The zero-order chi connectivity index (χ0) is 13.1. The van der Waals surface area contributed by atoms with Gasteiger partial charge in [0.25, 0.3) is 0 Å². The predicted molar refractivity (Wildman–Crippen MR) is 74.8 cm³/mol. The molecule has 0 bridgehead atoms. The molecule has 0 amide bonds. The third kappa shape index (κ3) is 2.93. The van der Waals surface area contributed by atoms with Crippen LogP contribution in [0.2, 0.25) is 0 Å². The summed E-state index contributed by atoms with van der Waals surface area (Å²) in [6, 6.07) is 9.77. The van der Waals surface area contributed by atoms with Gasteiger partial charge in [-0.25, -0.2) is 4.98 Å². The van der Waals surface area contributed by atoms with Gasteiger partial charge in [-0.1, -0.05) is 11.8 Å². The van der Waals surface area contributed by atoms with E-state index in [-0.39, 0.29) is 0 Å². The van der Waals surface area contributed by atoms with E-state index in [1.54, 1.807) is 18.0 Å². The first-order chi connectivity index (χ1) is 9.31. The largest absolute Gasteiger partial charge is 0.490 e. The minimum absolute atomic E-state index is 0.527. The van der Waals surface area contributed by atoms with Gasteiger partial charge in [-0.05, 0) is 30.3 Å². The zero-order valence-corrected chi connectivity index (χ0v) is 11.2. The Kier molecular flexibility index (Phi) is 3.46. The van der Waals surface area contributed by atoms with Gasteiger partial charge >= 0.3 is 0 Å². The summed E-state index contributed by atoms with van der Waals surface area (Å²) in [6.07, 6.45) is 2.62. The third-order valence-electron chi connectivity index (χ3n) is 2.71. The Labute approximate surface area is 115 Å². The molecule has 3 rings (SSSR count). The smallest absolute Gasteiger partial charge is 0.162 e. The first-order valence-corrected chi connectivity index (χ1v) is 6.92. The van der Waals surface area contributed by atoms with Crippen LogP contribution >= 0.6 is 11.8 Å². The summed E-state index contributed by atoms with van der Waals surface area (Å²) in [4.78, 5) is 6.13. The van der Waals surface area contributed by atoms with Crippen LogP contribution in [0.5, 0.6) is 11.5 Å². The number of rotatable bonds is 2. The fourth-order valence-corrected chi connectivity index (χ4v) is 2.72. The summed E-state index contributed by atoms with van der Waals surface area (Å²) in [6.45, 7) is 1.41. The first-order valence-electron chi connectivity index (χ1n) is 6.10. The molecule has 1 aliphatic heterocycles. The van der Waals surface area contributed by atoms with Gasteiger partial charge in [-0.3, -0.25) is 0 Å². The molecule has 2 heterocycles. The van der Waals surface area contributed by atoms with E-state index in [0.717, 1.165) is 27.7 Å². The molecule has 0 aliphatic carbocycles. The van der Waals surface area contributed by atoms with Gasteiger partial charge in [0.05, 0.1) is 13.2 Å². The van der Waals surface area contributed by atoms with E-state index in [9.17, 15) is 0 Å². The number of ether oxygens (including phenoxy) is 2. The maximum absolute atomic E-state index is 5.68. The molecule has 98 valence electrons. The maximum atomic E-state index is 5.68. The molecule has 0 unspecified atom stereocenters. The molecular weight excluding hydrogens is 260 g/mol. The zero-order valence-electron chi connectivity index (χ0n) is 10.3. The highest BCUT2D eigenvalue weighted by atomic mass is 32.2.